The number of nitrogens with one attached hydrogen (secondary N) is 1. The molecule has 1 fully saturated rings. The maximum absolute atomic E-state index is 4.79. The summed E-state index contributed by atoms with van der Waals surface area (Å²) in [6, 6.07) is 9.37. The van der Waals surface area contributed by atoms with Gasteiger partial charge in [0.05, 0.1) is 16.3 Å². The second-order valence-corrected chi connectivity index (χ2v) is 7.51. The van der Waals surface area contributed by atoms with E-state index in [-0.39, 0.29) is 0 Å². The summed E-state index contributed by atoms with van der Waals surface area (Å²) in [5.41, 5.74) is 1.13. The van der Waals surface area contributed by atoms with Gasteiger partial charge in [-0.25, -0.2) is 4.98 Å². The van der Waals surface area contributed by atoms with E-state index in [1.807, 2.05) is 11.3 Å². The number of thiazole rings is 1. The van der Waals surface area contributed by atoms with E-state index in [1.54, 1.807) is 0 Å². The van der Waals surface area contributed by atoms with Crippen molar-refractivity contribution in [3.8, 4) is 0 Å². The SMILES string of the molecule is CC(N[C@@H](C)C1CCCCCC1)c1nc2ccccc2s1. The van der Waals surface area contributed by atoms with E-state index < -0.39 is 0 Å². The van der Waals surface area contributed by atoms with E-state index in [0.717, 1.165) is 11.4 Å². The zero-order valence-corrected chi connectivity index (χ0v) is 14.0. The molecule has 2 aromatic rings. The first-order valence-corrected chi connectivity index (χ1v) is 9.17. The predicted octanol–water partition coefficient (Wildman–Crippen LogP) is 5.31. The summed E-state index contributed by atoms with van der Waals surface area (Å²) in [7, 11) is 0. The molecule has 2 atom stereocenters. The minimum Gasteiger partial charge on any atom is -0.305 e. The van der Waals surface area contributed by atoms with Gasteiger partial charge in [0.15, 0.2) is 0 Å². The summed E-state index contributed by atoms with van der Waals surface area (Å²) in [5.74, 6) is 0.837. The Balaban J connectivity index is 1.65. The molecule has 0 radical (unpaired) electrons. The van der Waals surface area contributed by atoms with Crippen LogP contribution in [0.25, 0.3) is 10.2 Å². The molecular formula is C18H26N2S. The molecule has 0 saturated heterocycles. The van der Waals surface area contributed by atoms with Crippen molar-refractivity contribution >= 4 is 21.6 Å². The molecule has 1 aromatic carbocycles. The number of benzene rings is 1. The third-order valence-corrected chi connectivity index (χ3v) is 6.02. The van der Waals surface area contributed by atoms with Crippen molar-refractivity contribution in [3.05, 3.63) is 29.3 Å². The molecule has 1 N–H and O–H groups in total. The molecule has 3 heteroatoms. The Kier molecular flexibility index (Phi) is 4.91. The van der Waals surface area contributed by atoms with Gasteiger partial charge < -0.3 is 5.32 Å². The zero-order chi connectivity index (χ0) is 14.7. The van der Waals surface area contributed by atoms with E-state index >= 15 is 0 Å². The molecule has 3 rings (SSSR count). The van der Waals surface area contributed by atoms with Gasteiger partial charge in [0.2, 0.25) is 0 Å². The van der Waals surface area contributed by atoms with E-state index in [2.05, 4.69) is 43.4 Å². The molecule has 1 aliphatic rings. The Labute approximate surface area is 132 Å². The minimum atomic E-state index is 0.348. The highest BCUT2D eigenvalue weighted by atomic mass is 32.1. The lowest BCUT2D eigenvalue weighted by atomic mass is 9.92. The van der Waals surface area contributed by atoms with Crippen LogP contribution >= 0.6 is 11.3 Å². The molecule has 21 heavy (non-hydrogen) atoms. The zero-order valence-electron chi connectivity index (χ0n) is 13.1. The number of para-hydroxylation sites is 1. The highest BCUT2D eigenvalue weighted by molar-refractivity contribution is 7.18. The van der Waals surface area contributed by atoms with Crippen LogP contribution in [0.15, 0.2) is 24.3 Å². The standard InChI is InChI=1S/C18H26N2S/c1-13(15-9-5-3-4-6-10-15)19-14(2)18-20-16-11-7-8-12-17(16)21-18/h7-8,11-15,19H,3-6,9-10H2,1-2H3/t13-,14?/m0/s1. The fraction of sp³-hybridized carbons (Fsp3) is 0.611. The van der Waals surface area contributed by atoms with Crippen LogP contribution in [0.4, 0.5) is 0 Å². The smallest absolute Gasteiger partial charge is 0.111 e. The number of nitrogens with zero attached hydrogens (tertiary/aromatic N) is 1. The van der Waals surface area contributed by atoms with Crippen LogP contribution in [0.5, 0.6) is 0 Å². The molecule has 1 aliphatic carbocycles. The van der Waals surface area contributed by atoms with Crippen LogP contribution in [-0.2, 0) is 0 Å². The number of fused-ring (bicyclic) bond motifs is 1. The van der Waals surface area contributed by atoms with Crippen molar-refractivity contribution in [3.63, 3.8) is 0 Å². The Morgan fingerprint density at radius 3 is 2.52 bits per heavy atom. The topological polar surface area (TPSA) is 24.9 Å². The average molecular weight is 302 g/mol. The Bertz CT molecular complexity index is 536. The number of aromatic nitrogens is 1. The highest BCUT2D eigenvalue weighted by Gasteiger charge is 2.21. The van der Waals surface area contributed by atoms with Crippen LogP contribution in [0, 0.1) is 5.92 Å². The van der Waals surface area contributed by atoms with Crippen LogP contribution in [-0.4, -0.2) is 11.0 Å². The normalized spacial score (nSPS) is 20.3. The molecule has 0 aliphatic heterocycles. The van der Waals surface area contributed by atoms with Gasteiger partial charge in [-0.1, -0.05) is 37.8 Å². The van der Waals surface area contributed by atoms with E-state index in [1.165, 1.54) is 48.2 Å². The maximum atomic E-state index is 4.79. The van der Waals surface area contributed by atoms with Crippen molar-refractivity contribution in [2.45, 2.75) is 64.5 Å². The third kappa shape index (κ3) is 3.64. The third-order valence-electron chi connectivity index (χ3n) is 4.80. The predicted molar refractivity (Wildman–Crippen MR) is 91.8 cm³/mol. The van der Waals surface area contributed by atoms with Crippen LogP contribution in [0.3, 0.4) is 0 Å². The largest absolute Gasteiger partial charge is 0.305 e. The van der Waals surface area contributed by atoms with Gasteiger partial charge in [0.25, 0.3) is 0 Å². The number of hydrogen-bond donors (Lipinski definition) is 1. The van der Waals surface area contributed by atoms with Crippen molar-refractivity contribution in [2.24, 2.45) is 5.92 Å². The van der Waals surface area contributed by atoms with Gasteiger partial charge >= 0.3 is 0 Å². The van der Waals surface area contributed by atoms with Crippen molar-refractivity contribution < 1.29 is 0 Å². The molecule has 0 spiro atoms. The second-order valence-electron chi connectivity index (χ2n) is 6.45. The lowest BCUT2D eigenvalue weighted by Crippen LogP contribution is -2.35. The summed E-state index contributed by atoms with van der Waals surface area (Å²) in [6.07, 6.45) is 8.45. The van der Waals surface area contributed by atoms with Crippen LogP contribution in [0.1, 0.15) is 63.4 Å². The molecule has 1 unspecified atom stereocenters. The summed E-state index contributed by atoms with van der Waals surface area (Å²) in [4.78, 5) is 4.79. The van der Waals surface area contributed by atoms with Crippen molar-refractivity contribution in [2.75, 3.05) is 0 Å². The van der Waals surface area contributed by atoms with Crippen molar-refractivity contribution in [1.29, 1.82) is 0 Å². The maximum Gasteiger partial charge on any atom is 0.111 e. The van der Waals surface area contributed by atoms with Gasteiger partial charge in [-0.2, -0.15) is 0 Å². The van der Waals surface area contributed by atoms with Crippen molar-refractivity contribution in [1.82, 2.24) is 10.3 Å². The fourth-order valence-corrected chi connectivity index (χ4v) is 4.47. The minimum absolute atomic E-state index is 0.348. The van der Waals surface area contributed by atoms with Crippen LogP contribution < -0.4 is 5.32 Å². The highest BCUT2D eigenvalue weighted by Crippen LogP contribution is 2.29. The summed E-state index contributed by atoms with van der Waals surface area (Å²) in [6.45, 7) is 4.62. The van der Waals surface area contributed by atoms with Gasteiger partial charge in [0, 0.05) is 6.04 Å². The van der Waals surface area contributed by atoms with Gasteiger partial charge in [-0.05, 0) is 44.7 Å². The number of hydrogen-bond acceptors (Lipinski definition) is 3. The first kappa shape index (κ1) is 15.0. The van der Waals surface area contributed by atoms with Gasteiger partial charge in [0.1, 0.15) is 5.01 Å². The van der Waals surface area contributed by atoms with E-state index in [0.29, 0.717) is 12.1 Å². The molecule has 2 nitrogen and oxygen atoms in total. The molecule has 1 heterocycles. The monoisotopic (exact) mass is 302 g/mol. The number of rotatable bonds is 4. The summed E-state index contributed by atoms with van der Waals surface area (Å²) >= 11 is 1.82. The Morgan fingerprint density at radius 1 is 1.10 bits per heavy atom. The fourth-order valence-electron chi connectivity index (χ4n) is 3.49. The first-order chi connectivity index (χ1) is 10.2. The Morgan fingerprint density at radius 2 is 1.81 bits per heavy atom. The summed E-state index contributed by atoms with van der Waals surface area (Å²) < 4.78 is 1.29. The Hall–Kier alpha value is -0.930. The molecule has 1 saturated carbocycles. The quantitative estimate of drug-likeness (QED) is 0.775. The summed E-state index contributed by atoms with van der Waals surface area (Å²) in [5, 5.41) is 5.02. The molecular weight excluding hydrogens is 276 g/mol. The molecule has 0 bridgehead atoms. The average Bonchev–Trinajstić information content (AvgIpc) is 2.73. The van der Waals surface area contributed by atoms with Gasteiger partial charge in [-0.15, -0.1) is 11.3 Å². The molecule has 114 valence electrons. The second kappa shape index (κ2) is 6.89. The first-order valence-electron chi connectivity index (χ1n) is 8.35. The lowest BCUT2D eigenvalue weighted by Gasteiger charge is -2.26. The molecule has 0 amide bonds. The lowest BCUT2D eigenvalue weighted by molar-refractivity contribution is 0.316. The van der Waals surface area contributed by atoms with Crippen LogP contribution in [0.2, 0.25) is 0 Å². The van der Waals surface area contributed by atoms with E-state index in [4.69, 9.17) is 4.98 Å². The molecule has 1 aromatic heterocycles. The van der Waals surface area contributed by atoms with E-state index in [9.17, 15) is 0 Å². The van der Waals surface area contributed by atoms with Gasteiger partial charge in [-0.3, -0.25) is 0 Å².